The molecule has 2 aliphatic rings. The molecule has 28 heavy (non-hydrogen) atoms. The van der Waals surface area contributed by atoms with Crippen molar-refractivity contribution in [3.05, 3.63) is 30.3 Å². The lowest BCUT2D eigenvalue weighted by Crippen LogP contribution is -2.48. The van der Waals surface area contributed by atoms with Crippen molar-refractivity contribution >= 4 is 18.7 Å². The Morgan fingerprint density at radius 3 is 2.32 bits per heavy atom. The number of amides is 1. The van der Waals surface area contributed by atoms with Gasteiger partial charge in [-0.1, -0.05) is 30.3 Å². The van der Waals surface area contributed by atoms with Crippen LogP contribution in [0.25, 0.3) is 0 Å². The fourth-order valence-corrected chi connectivity index (χ4v) is 4.03. The zero-order chi connectivity index (χ0) is 20.6. The topological polar surface area (TPSA) is 48.0 Å². The second-order valence-electron chi connectivity index (χ2n) is 9.83. The fourth-order valence-electron chi connectivity index (χ4n) is 4.03. The molecular weight excluding hydrogens is 353 g/mol. The molecule has 2 saturated heterocycles. The second kappa shape index (κ2) is 7.71. The summed E-state index contributed by atoms with van der Waals surface area (Å²) in [5, 5.41) is 0. The van der Waals surface area contributed by atoms with E-state index in [9.17, 15) is 4.79 Å². The van der Waals surface area contributed by atoms with Crippen LogP contribution in [0.2, 0.25) is 0 Å². The highest BCUT2D eigenvalue weighted by atomic mass is 16.7. The van der Waals surface area contributed by atoms with E-state index in [4.69, 9.17) is 14.0 Å². The lowest BCUT2D eigenvalue weighted by atomic mass is 9.77. The number of likely N-dealkylation sites (tertiary alicyclic amines) is 1. The minimum absolute atomic E-state index is 0.206. The molecule has 154 valence electrons. The molecule has 2 heterocycles. The minimum Gasteiger partial charge on any atom is -0.444 e. The molecule has 1 aromatic rings. The Balaban J connectivity index is 1.59. The number of carbonyl (C=O) groups excluding carboxylic acids is 1. The van der Waals surface area contributed by atoms with Gasteiger partial charge in [-0.2, -0.15) is 0 Å². The van der Waals surface area contributed by atoms with Gasteiger partial charge in [0, 0.05) is 13.1 Å². The summed E-state index contributed by atoms with van der Waals surface area (Å²) in [4.78, 5) is 14.1. The normalized spacial score (nSPS) is 25.8. The summed E-state index contributed by atoms with van der Waals surface area (Å²) in [6, 6.07) is 10.1. The van der Waals surface area contributed by atoms with Crippen molar-refractivity contribution in [2.24, 2.45) is 5.92 Å². The number of hydrogen-bond acceptors (Lipinski definition) is 4. The molecule has 0 aliphatic carbocycles. The van der Waals surface area contributed by atoms with Gasteiger partial charge in [-0.05, 0) is 72.2 Å². The SMILES string of the molecule is CC(C)(C)OC(=O)N1CCC(CC2(C)OB(c3ccccc3)OC2(C)C)CC1. The molecule has 1 amide bonds. The molecule has 0 bridgehead atoms. The number of rotatable bonds is 3. The van der Waals surface area contributed by atoms with Gasteiger partial charge in [0.1, 0.15) is 5.60 Å². The number of benzene rings is 1. The first kappa shape index (κ1) is 21.2. The number of nitrogens with zero attached hydrogens (tertiary/aromatic N) is 1. The van der Waals surface area contributed by atoms with Gasteiger partial charge in [0.2, 0.25) is 0 Å². The maximum absolute atomic E-state index is 12.3. The fraction of sp³-hybridized carbons (Fsp3) is 0.682. The van der Waals surface area contributed by atoms with Gasteiger partial charge < -0.3 is 18.9 Å². The Kier molecular flexibility index (Phi) is 5.84. The van der Waals surface area contributed by atoms with Gasteiger partial charge in [0.25, 0.3) is 0 Å². The zero-order valence-electron chi connectivity index (χ0n) is 18.2. The number of carbonyl (C=O) groups is 1. The number of piperidine rings is 1. The van der Waals surface area contributed by atoms with E-state index in [0.29, 0.717) is 5.92 Å². The van der Waals surface area contributed by atoms with Crippen LogP contribution in [0.4, 0.5) is 4.79 Å². The van der Waals surface area contributed by atoms with E-state index >= 15 is 0 Å². The van der Waals surface area contributed by atoms with Crippen LogP contribution >= 0.6 is 0 Å². The van der Waals surface area contributed by atoms with Crippen molar-refractivity contribution in [2.75, 3.05) is 13.1 Å². The number of ether oxygens (including phenoxy) is 1. The lowest BCUT2D eigenvalue weighted by Gasteiger charge is -2.41. The van der Waals surface area contributed by atoms with Crippen molar-refractivity contribution in [2.45, 2.75) is 77.6 Å². The smallest absolute Gasteiger partial charge is 0.444 e. The summed E-state index contributed by atoms with van der Waals surface area (Å²) in [6.45, 7) is 13.6. The summed E-state index contributed by atoms with van der Waals surface area (Å²) in [5.41, 5.74) is -0.145. The summed E-state index contributed by atoms with van der Waals surface area (Å²) in [6.07, 6.45) is 2.64. The largest absolute Gasteiger partial charge is 0.494 e. The highest BCUT2D eigenvalue weighted by Crippen LogP contribution is 2.43. The number of hydrogen-bond donors (Lipinski definition) is 0. The second-order valence-corrected chi connectivity index (χ2v) is 9.83. The summed E-state index contributed by atoms with van der Waals surface area (Å²) in [5.74, 6) is 0.501. The quantitative estimate of drug-likeness (QED) is 0.736. The predicted molar refractivity (Wildman–Crippen MR) is 112 cm³/mol. The van der Waals surface area contributed by atoms with Crippen LogP contribution in [-0.4, -0.2) is 48.0 Å². The van der Waals surface area contributed by atoms with Crippen LogP contribution in [0, 0.1) is 5.92 Å². The molecule has 0 radical (unpaired) electrons. The van der Waals surface area contributed by atoms with E-state index in [0.717, 1.165) is 37.8 Å². The molecule has 5 nitrogen and oxygen atoms in total. The highest BCUT2D eigenvalue weighted by Gasteiger charge is 2.55. The van der Waals surface area contributed by atoms with Gasteiger partial charge in [-0.25, -0.2) is 4.79 Å². The van der Waals surface area contributed by atoms with Crippen LogP contribution in [0.15, 0.2) is 30.3 Å². The van der Waals surface area contributed by atoms with Crippen molar-refractivity contribution in [3.8, 4) is 0 Å². The Morgan fingerprint density at radius 2 is 1.75 bits per heavy atom. The Hall–Kier alpha value is -1.53. The van der Waals surface area contributed by atoms with E-state index in [2.05, 4.69) is 20.8 Å². The summed E-state index contributed by atoms with van der Waals surface area (Å²) in [7, 11) is -0.331. The monoisotopic (exact) mass is 387 g/mol. The lowest BCUT2D eigenvalue weighted by molar-refractivity contribution is -0.0347. The third-order valence-corrected chi connectivity index (χ3v) is 6.06. The van der Waals surface area contributed by atoms with Crippen molar-refractivity contribution in [3.63, 3.8) is 0 Å². The molecule has 1 aromatic carbocycles. The van der Waals surface area contributed by atoms with Crippen molar-refractivity contribution in [1.29, 1.82) is 0 Å². The molecular formula is C22H34BNO4. The van der Waals surface area contributed by atoms with E-state index in [1.807, 2.05) is 56.0 Å². The van der Waals surface area contributed by atoms with Crippen LogP contribution in [-0.2, 0) is 14.0 Å². The molecule has 2 aliphatic heterocycles. The first-order chi connectivity index (χ1) is 13.0. The first-order valence-corrected chi connectivity index (χ1v) is 10.4. The zero-order valence-corrected chi connectivity index (χ0v) is 18.2. The molecule has 0 saturated carbocycles. The maximum atomic E-state index is 12.3. The molecule has 1 unspecified atom stereocenters. The van der Waals surface area contributed by atoms with Gasteiger partial charge >= 0.3 is 13.2 Å². The minimum atomic E-state index is -0.451. The van der Waals surface area contributed by atoms with Gasteiger partial charge in [0.15, 0.2) is 0 Å². The van der Waals surface area contributed by atoms with E-state index in [-0.39, 0.29) is 24.4 Å². The summed E-state index contributed by atoms with van der Waals surface area (Å²) < 4.78 is 18.3. The summed E-state index contributed by atoms with van der Waals surface area (Å²) >= 11 is 0. The van der Waals surface area contributed by atoms with Crippen LogP contribution in [0.3, 0.4) is 0 Å². The first-order valence-electron chi connectivity index (χ1n) is 10.4. The third kappa shape index (κ3) is 4.72. The Morgan fingerprint density at radius 1 is 1.14 bits per heavy atom. The third-order valence-electron chi connectivity index (χ3n) is 6.06. The van der Waals surface area contributed by atoms with E-state index < -0.39 is 5.60 Å². The molecule has 3 rings (SSSR count). The molecule has 0 aromatic heterocycles. The predicted octanol–water partition coefficient (Wildman–Crippen LogP) is 4.00. The Bertz CT molecular complexity index is 680. The van der Waals surface area contributed by atoms with Gasteiger partial charge in [0.05, 0.1) is 11.2 Å². The average molecular weight is 387 g/mol. The Labute approximate surface area is 169 Å². The molecule has 6 heteroatoms. The standard InChI is InChI=1S/C22H34BNO4/c1-20(2,3)26-19(25)24-14-12-17(13-15-24)16-22(6)21(4,5)27-23(28-22)18-10-8-7-9-11-18/h7-11,17H,12-16H2,1-6H3. The van der Waals surface area contributed by atoms with Gasteiger partial charge in [-0.3, -0.25) is 0 Å². The molecule has 1 atom stereocenters. The highest BCUT2D eigenvalue weighted by molar-refractivity contribution is 6.62. The van der Waals surface area contributed by atoms with E-state index in [1.165, 1.54) is 0 Å². The maximum Gasteiger partial charge on any atom is 0.494 e. The average Bonchev–Trinajstić information content (AvgIpc) is 2.84. The van der Waals surface area contributed by atoms with Crippen LogP contribution in [0.5, 0.6) is 0 Å². The van der Waals surface area contributed by atoms with E-state index in [1.54, 1.807) is 0 Å². The van der Waals surface area contributed by atoms with Crippen molar-refractivity contribution in [1.82, 2.24) is 4.90 Å². The molecule has 0 spiro atoms. The molecule has 0 N–H and O–H groups in total. The molecule has 2 fully saturated rings. The van der Waals surface area contributed by atoms with Crippen LogP contribution in [0.1, 0.15) is 60.8 Å². The van der Waals surface area contributed by atoms with Crippen LogP contribution < -0.4 is 5.46 Å². The van der Waals surface area contributed by atoms with Crippen molar-refractivity contribution < 1.29 is 18.8 Å². The van der Waals surface area contributed by atoms with Gasteiger partial charge in [-0.15, -0.1) is 0 Å².